The number of hydrogen-bond donors (Lipinski definition) is 1. The first kappa shape index (κ1) is 11.5. The van der Waals surface area contributed by atoms with Crippen LogP contribution in [-0.4, -0.2) is 14.2 Å². The van der Waals surface area contributed by atoms with Crippen LogP contribution in [0.15, 0.2) is 42.5 Å². The first-order chi connectivity index (χ1) is 8.24. The van der Waals surface area contributed by atoms with E-state index in [-0.39, 0.29) is 11.6 Å². The highest BCUT2D eigenvalue weighted by atomic mass is 19.1. The third-order valence-corrected chi connectivity index (χ3v) is 2.66. The van der Waals surface area contributed by atoms with Gasteiger partial charge in [0.2, 0.25) is 0 Å². The van der Waals surface area contributed by atoms with Gasteiger partial charge < -0.3 is 10.1 Å². The average molecular weight is 231 g/mol. The molecule has 88 valence electrons. The minimum atomic E-state index is -0.345. The van der Waals surface area contributed by atoms with Crippen LogP contribution in [0.3, 0.4) is 0 Å². The van der Waals surface area contributed by atoms with Gasteiger partial charge in [0, 0.05) is 12.7 Å². The van der Waals surface area contributed by atoms with Crippen LogP contribution >= 0.6 is 0 Å². The summed E-state index contributed by atoms with van der Waals surface area (Å²) in [6, 6.07) is 12.8. The number of hydrogen-bond acceptors (Lipinski definition) is 2. The predicted octanol–water partition coefficient (Wildman–Crippen LogP) is 3.54. The van der Waals surface area contributed by atoms with E-state index in [0.29, 0.717) is 0 Å². The van der Waals surface area contributed by atoms with Gasteiger partial charge in [-0.2, -0.15) is 0 Å². The number of halogens is 1. The van der Waals surface area contributed by atoms with Gasteiger partial charge in [0.1, 0.15) is 0 Å². The van der Waals surface area contributed by atoms with Crippen molar-refractivity contribution >= 4 is 5.69 Å². The van der Waals surface area contributed by atoms with Crippen LogP contribution in [0.5, 0.6) is 5.75 Å². The van der Waals surface area contributed by atoms with Crippen molar-refractivity contribution in [1.82, 2.24) is 0 Å². The molecular formula is C14H14FNO. The fourth-order valence-corrected chi connectivity index (χ4v) is 1.68. The van der Waals surface area contributed by atoms with Gasteiger partial charge in [-0.25, -0.2) is 4.39 Å². The third kappa shape index (κ3) is 2.38. The van der Waals surface area contributed by atoms with E-state index in [9.17, 15) is 4.39 Å². The molecule has 0 fully saturated rings. The first-order valence-corrected chi connectivity index (χ1v) is 5.36. The van der Waals surface area contributed by atoms with E-state index in [0.717, 1.165) is 16.8 Å². The molecule has 0 spiro atoms. The molecule has 0 radical (unpaired) electrons. The van der Waals surface area contributed by atoms with Crippen molar-refractivity contribution in [2.24, 2.45) is 0 Å². The lowest BCUT2D eigenvalue weighted by molar-refractivity contribution is 0.386. The molecule has 2 aromatic carbocycles. The van der Waals surface area contributed by atoms with Crippen LogP contribution in [0.1, 0.15) is 0 Å². The minimum Gasteiger partial charge on any atom is -0.494 e. The maximum atomic E-state index is 13.5. The molecular weight excluding hydrogens is 217 g/mol. The van der Waals surface area contributed by atoms with Crippen molar-refractivity contribution in [2.45, 2.75) is 0 Å². The highest BCUT2D eigenvalue weighted by Gasteiger charge is 2.04. The maximum absolute atomic E-state index is 13.5. The minimum absolute atomic E-state index is 0.264. The van der Waals surface area contributed by atoms with Crippen molar-refractivity contribution in [1.29, 1.82) is 0 Å². The number of methoxy groups -OCH3 is 1. The van der Waals surface area contributed by atoms with Gasteiger partial charge in [0.25, 0.3) is 0 Å². The van der Waals surface area contributed by atoms with Gasteiger partial charge in [0.15, 0.2) is 11.6 Å². The second-order valence-corrected chi connectivity index (χ2v) is 3.68. The molecule has 0 heterocycles. The van der Waals surface area contributed by atoms with E-state index in [4.69, 9.17) is 4.74 Å². The van der Waals surface area contributed by atoms with Crippen LogP contribution < -0.4 is 10.1 Å². The standard InChI is InChI=1S/C14H14FNO/c1-16-12-6-3-10(4-7-12)11-5-8-14(17-2)13(15)9-11/h3-9,16H,1-2H3. The molecule has 0 unspecified atom stereocenters. The highest BCUT2D eigenvalue weighted by molar-refractivity contribution is 5.66. The number of benzene rings is 2. The lowest BCUT2D eigenvalue weighted by atomic mass is 10.1. The monoisotopic (exact) mass is 231 g/mol. The predicted molar refractivity (Wildman–Crippen MR) is 67.9 cm³/mol. The molecule has 0 amide bonds. The Morgan fingerprint density at radius 2 is 1.65 bits per heavy atom. The lowest BCUT2D eigenvalue weighted by Crippen LogP contribution is -1.89. The zero-order valence-corrected chi connectivity index (χ0v) is 9.83. The molecule has 2 nitrogen and oxygen atoms in total. The fourth-order valence-electron chi connectivity index (χ4n) is 1.68. The molecule has 0 aliphatic carbocycles. The Labute approximate surface area is 100 Å². The Balaban J connectivity index is 2.35. The van der Waals surface area contributed by atoms with Gasteiger partial charge >= 0.3 is 0 Å². The van der Waals surface area contributed by atoms with E-state index in [1.54, 1.807) is 6.07 Å². The number of nitrogens with one attached hydrogen (secondary N) is 1. The van der Waals surface area contributed by atoms with Gasteiger partial charge in [-0.1, -0.05) is 18.2 Å². The summed E-state index contributed by atoms with van der Waals surface area (Å²) in [6.45, 7) is 0. The summed E-state index contributed by atoms with van der Waals surface area (Å²) in [4.78, 5) is 0. The average Bonchev–Trinajstić information content (AvgIpc) is 2.39. The van der Waals surface area contributed by atoms with Crippen LogP contribution in [0, 0.1) is 5.82 Å². The maximum Gasteiger partial charge on any atom is 0.165 e. The largest absolute Gasteiger partial charge is 0.494 e. The second kappa shape index (κ2) is 4.87. The molecule has 1 N–H and O–H groups in total. The molecule has 0 saturated heterocycles. The second-order valence-electron chi connectivity index (χ2n) is 3.68. The lowest BCUT2D eigenvalue weighted by Gasteiger charge is -2.06. The fraction of sp³-hybridized carbons (Fsp3) is 0.143. The Morgan fingerprint density at radius 3 is 2.18 bits per heavy atom. The van der Waals surface area contributed by atoms with Gasteiger partial charge in [-0.15, -0.1) is 0 Å². The molecule has 0 aliphatic heterocycles. The van der Waals surface area contributed by atoms with E-state index in [1.807, 2.05) is 37.4 Å². The Bertz CT molecular complexity index is 508. The van der Waals surface area contributed by atoms with Crippen LogP contribution in [0.4, 0.5) is 10.1 Å². The summed E-state index contributed by atoms with van der Waals surface area (Å²) >= 11 is 0. The normalized spacial score (nSPS) is 10.1. The smallest absolute Gasteiger partial charge is 0.165 e. The van der Waals surface area contributed by atoms with E-state index < -0.39 is 0 Å². The van der Waals surface area contributed by atoms with Gasteiger partial charge in [-0.3, -0.25) is 0 Å². The molecule has 0 atom stereocenters. The molecule has 0 bridgehead atoms. The summed E-state index contributed by atoms with van der Waals surface area (Å²) < 4.78 is 18.4. The molecule has 3 heteroatoms. The third-order valence-electron chi connectivity index (χ3n) is 2.66. The zero-order valence-electron chi connectivity index (χ0n) is 9.83. The number of anilines is 1. The Kier molecular flexibility index (Phi) is 3.28. The summed E-state index contributed by atoms with van der Waals surface area (Å²) in [6.07, 6.45) is 0. The molecule has 2 rings (SSSR count). The Hall–Kier alpha value is -2.03. The van der Waals surface area contributed by atoms with Crippen LogP contribution in [0.25, 0.3) is 11.1 Å². The molecule has 2 aromatic rings. The molecule has 0 saturated carbocycles. The van der Waals surface area contributed by atoms with Gasteiger partial charge in [0.05, 0.1) is 7.11 Å². The summed E-state index contributed by atoms with van der Waals surface area (Å²) in [5.41, 5.74) is 2.85. The van der Waals surface area contributed by atoms with Crippen LogP contribution in [-0.2, 0) is 0 Å². The van der Waals surface area contributed by atoms with E-state index >= 15 is 0 Å². The quantitative estimate of drug-likeness (QED) is 0.872. The van der Waals surface area contributed by atoms with E-state index in [1.165, 1.54) is 13.2 Å². The van der Waals surface area contributed by atoms with Crippen LogP contribution in [0.2, 0.25) is 0 Å². The van der Waals surface area contributed by atoms with Crippen molar-refractivity contribution < 1.29 is 9.13 Å². The number of ether oxygens (including phenoxy) is 1. The Morgan fingerprint density at radius 1 is 1.00 bits per heavy atom. The molecule has 17 heavy (non-hydrogen) atoms. The topological polar surface area (TPSA) is 21.3 Å². The van der Waals surface area contributed by atoms with Crippen molar-refractivity contribution in [3.63, 3.8) is 0 Å². The summed E-state index contributed by atoms with van der Waals surface area (Å²) in [7, 11) is 3.32. The van der Waals surface area contributed by atoms with E-state index in [2.05, 4.69) is 5.32 Å². The van der Waals surface area contributed by atoms with Crippen molar-refractivity contribution in [3.8, 4) is 16.9 Å². The van der Waals surface area contributed by atoms with Crippen molar-refractivity contribution in [2.75, 3.05) is 19.5 Å². The first-order valence-electron chi connectivity index (χ1n) is 5.36. The van der Waals surface area contributed by atoms with Crippen molar-refractivity contribution in [3.05, 3.63) is 48.3 Å². The summed E-state index contributed by atoms with van der Waals surface area (Å²) in [5.74, 6) is -0.0803. The summed E-state index contributed by atoms with van der Waals surface area (Å²) in [5, 5.41) is 3.04. The number of rotatable bonds is 3. The van der Waals surface area contributed by atoms with Gasteiger partial charge in [-0.05, 0) is 35.4 Å². The molecule has 0 aliphatic rings. The highest BCUT2D eigenvalue weighted by Crippen LogP contribution is 2.26. The molecule has 0 aromatic heterocycles. The zero-order chi connectivity index (χ0) is 12.3. The SMILES string of the molecule is CNc1ccc(-c2ccc(OC)c(F)c2)cc1.